The molecule has 0 saturated carbocycles. The van der Waals surface area contributed by atoms with Crippen LogP contribution in [0.3, 0.4) is 0 Å². The third-order valence-corrected chi connectivity index (χ3v) is 4.61. The number of hydrogen-bond acceptors (Lipinski definition) is 2. The van der Waals surface area contributed by atoms with E-state index in [1.807, 2.05) is 10.7 Å². The average Bonchev–Trinajstić information content (AvgIpc) is 2.90. The Morgan fingerprint density at radius 3 is 2.62 bits per heavy atom. The number of halogens is 2. The van der Waals surface area contributed by atoms with Crippen LogP contribution >= 0.6 is 31.9 Å². The molecule has 1 aromatic heterocycles. The first-order valence-electron chi connectivity index (χ1n) is 7.23. The van der Waals surface area contributed by atoms with Gasteiger partial charge in [-0.1, -0.05) is 38.8 Å². The van der Waals surface area contributed by atoms with E-state index in [1.165, 1.54) is 5.56 Å². The minimum atomic E-state index is 0.248. The lowest BCUT2D eigenvalue weighted by Crippen LogP contribution is -2.23. The van der Waals surface area contributed by atoms with Crippen LogP contribution in [0.15, 0.2) is 39.4 Å². The molecule has 0 bridgehead atoms. The van der Waals surface area contributed by atoms with Crippen molar-refractivity contribution in [1.82, 2.24) is 15.1 Å². The maximum absolute atomic E-state index is 4.66. The van der Waals surface area contributed by atoms with Crippen LogP contribution in [0.2, 0.25) is 0 Å². The van der Waals surface area contributed by atoms with Crippen molar-refractivity contribution in [2.24, 2.45) is 0 Å². The fourth-order valence-electron chi connectivity index (χ4n) is 2.30. The molecular formula is C16H21Br2N3. The smallest absolute Gasteiger partial charge is 0.0643 e. The van der Waals surface area contributed by atoms with Gasteiger partial charge in [0.05, 0.1) is 5.69 Å². The highest BCUT2D eigenvalue weighted by atomic mass is 79.9. The van der Waals surface area contributed by atoms with Gasteiger partial charge in [-0.25, -0.2) is 0 Å². The van der Waals surface area contributed by atoms with E-state index in [4.69, 9.17) is 0 Å². The molecule has 1 heterocycles. The van der Waals surface area contributed by atoms with Crippen molar-refractivity contribution >= 4 is 31.9 Å². The molecule has 0 aliphatic carbocycles. The van der Waals surface area contributed by atoms with Crippen LogP contribution < -0.4 is 5.32 Å². The Kier molecular flexibility index (Phi) is 6.02. The molecule has 0 radical (unpaired) electrons. The van der Waals surface area contributed by atoms with Gasteiger partial charge in [-0.2, -0.15) is 5.10 Å². The van der Waals surface area contributed by atoms with Gasteiger partial charge in [0.2, 0.25) is 0 Å². The third-order valence-electron chi connectivity index (χ3n) is 3.39. The normalized spacial score (nSPS) is 12.9. The SMILES string of the molecule is CCNC(Cc1ccn(C(C)C)n1)c1cc(Br)ccc1Br. The maximum atomic E-state index is 4.66. The lowest BCUT2D eigenvalue weighted by Gasteiger charge is -2.19. The Morgan fingerprint density at radius 1 is 1.24 bits per heavy atom. The Balaban J connectivity index is 2.23. The van der Waals surface area contributed by atoms with Gasteiger partial charge in [0.1, 0.15) is 0 Å². The summed E-state index contributed by atoms with van der Waals surface area (Å²) in [5, 5.41) is 8.21. The fourth-order valence-corrected chi connectivity index (χ4v) is 3.20. The fraction of sp³-hybridized carbons (Fsp3) is 0.438. The summed E-state index contributed by atoms with van der Waals surface area (Å²) < 4.78 is 4.23. The highest BCUT2D eigenvalue weighted by molar-refractivity contribution is 9.11. The highest BCUT2D eigenvalue weighted by Gasteiger charge is 2.16. The highest BCUT2D eigenvalue weighted by Crippen LogP contribution is 2.29. The number of aromatic nitrogens is 2. The topological polar surface area (TPSA) is 29.9 Å². The van der Waals surface area contributed by atoms with Gasteiger partial charge in [-0.3, -0.25) is 4.68 Å². The zero-order chi connectivity index (χ0) is 15.4. The lowest BCUT2D eigenvalue weighted by atomic mass is 10.0. The number of hydrogen-bond donors (Lipinski definition) is 1. The van der Waals surface area contributed by atoms with Gasteiger partial charge < -0.3 is 5.32 Å². The number of benzene rings is 1. The second-order valence-electron chi connectivity index (χ2n) is 5.36. The van der Waals surface area contributed by atoms with E-state index < -0.39 is 0 Å². The number of nitrogens with one attached hydrogen (secondary N) is 1. The Hall–Kier alpha value is -0.650. The Labute approximate surface area is 143 Å². The van der Waals surface area contributed by atoms with Crippen molar-refractivity contribution < 1.29 is 0 Å². The minimum Gasteiger partial charge on any atom is -0.310 e. The second-order valence-corrected chi connectivity index (χ2v) is 7.13. The monoisotopic (exact) mass is 413 g/mol. The van der Waals surface area contributed by atoms with Crippen molar-refractivity contribution in [2.45, 2.75) is 39.3 Å². The van der Waals surface area contributed by atoms with Gasteiger partial charge in [0.15, 0.2) is 0 Å². The quantitative estimate of drug-likeness (QED) is 0.729. The summed E-state index contributed by atoms with van der Waals surface area (Å²) in [5.41, 5.74) is 2.37. The molecule has 2 rings (SSSR count). The molecule has 1 unspecified atom stereocenters. The van der Waals surface area contributed by atoms with Crippen LogP contribution in [-0.2, 0) is 6.42 Å². The van der Waals surface area contributed by atoms with Crippen molar-refractivity contribution in [1.29, 1.82) is 0 Å². The van der Waals surface area contributed by atoms with E-state index in [0.29, 0.717) is 6.04 Å². The van der Waals surface area contributed by atoms with Crippen LogP contribution in [0.25, 0.3) is 0 Å². The molecular weight excluding hydrogens is 394 g/mol. The zero-order valence-corrected chi connectivity index (χ0v) is 15.8. The Bertz CT molecular complexity index is 593. The van der Waals surface area contributed by atoms with Gasteiger partial charge in [0.25, 0.3) is 0 Å². The van der Waals surface area contributed by atoms with Crippen molar-refractivity contribution in [3.05, 3.63) is 50.7 Å². The summed E-state index contributed by atoms with van der Waals surface area (Å²) in [4.78, 5) is 0. The zero-order valence-electron chi connectivity index (χ0n) is 12.6. The minimum absolute atomic E-state index is 0.248. The van der Waals surface area contributed by atoms with Crippen molar-refractivity contribution in [3.63, 3.8) is 0 Å². The van der Waals surface area contributed by atoms with Crippen molar-refractivity contribution in [3.8, 4) is 0 Å². The molecule has 0 amide bonds. The molecule has 2 aromatic rings. The van der Waals surface area contributed by atoms with E-state index in [0.717, 1.165) is 27.6 Å². The lowest BCUT2D eigenvalue weighted by molar-refractivity contribution is 0.506. The van der Waals surface area contributed by atoms with Gasteiger partial charge in [-0.05, 0) is 50.2 Å². The molecule has 0 aliphatic heterocycles. The predicted molar refractivity (Wildman–Crippen MR) is 94.6 cm³/mol. The van der Waals surface area contributed by atoms with Gasteiger partial charge in [-0.15, -0.1) is 0 Å². The van der Waals surface area contributed by atoms with E-state index in [9.17, 15) is 0 Å². The molecule has 114 valence electrons. The van der Waals surface area contributed by atoms with Crippen LogP contribution in [0.4, 0.5) is 0 Å². The third kappa shape index (κ3) is 4.41. The van der Waals surface area contributed by atoms with Crippen LogP contribution in [-0.4, -0.2) is 16.3 Å². The van der Waals surface area contributed by atoms with E-state index >= 15 is 0 Å². The standard InChI is InChI=1S/C16H21Br2N3/c1-4-19-16(14-9-12(17)5-6-15(14)18)10-13-7-8-21(20-13)11(2)3/h5-9,11,16,19H,4,10H2,1-3H3. The van der Waals surface area contributed by atoms with Crippen molar-refractivity contribution in [2.75, 3.05) is 6.54 Å². The van der Waals surface area contributed by atoms with Crippen LogP contribution in [0, 0.1) is 0 Å². The molecule has 0 aliphatic rings. The summed E-state index contributed by atoms with van der Waals surface area (Å²) >= 11 is 7.21. The van der Waals surface area contributed by atoms with Crippen LogP contribution in [0.5, 0.6) is 0 Å². The molecule has 1 atom stereocenters. The molecule has 0 spiro atoms. The largest absolute Gasteiger partial charge is 0.310 e. The first-order valence-corrected chi connectivity index (χ1v) is 8.82. The molecule has 3 nitrogen and oxygen atoms in total. The molecule has 1 aromatic carbocycles. The molecule has 5 heteroatoms. The number of nitrogens with zero attached hydrogens (tertiary/aromatic N) is 2. The first-order chi connectivity index (χ1) is 10.0. The van der Waals surface area contributed by atoms with E-state index in [-0.39, 0.29) is 6.04 Å². The number of likely N-dealkylation sites (N-methyl/N-ethyl adjacent to an activating group) is 1. The Morgan fingerprint density at radius 2 is 2.00 bits per heavy atom. The summed E-state index contributed by atoms with van der Waals surface area (Å²) in [6.45, 7) is 7.34. The summed E-state index contributed by atoms with van der Waals surface area (Å²) in [7, 11) is 0. The predicted octanol–water partition coefficient (Wildman–Crippen LogP) is 4.88. The van der Waals surface area contributed by atoms with E-state index in [1.54, 1.807) is 0 Å². The maximum Gasteiger partial charge on any atom is 0.0643 e. The molecule has 1 N–H and O–H groups in total. The first kappa shape index (κ1) is 16.7. The molecule has 0 fully saturated rings. The average molecular weight is 415 g/mol. The molecule has 0 saturated heterocycles. The summed E-state index contributed by atoms with van der Waals surface area (Å²) in [6.07, 6.45) is 2.93. The summed E-state index contributed by atoms with van der Waals surface area (Å²) in [5.74, 6) is 0. The second kappa shape index (κ2) is 7.56. The van der Waals surface area contributed by atoms with E-state index in [2.05, 4.69) is 87.4 Å². The summed E-state index contributed by atoms with van der Waals surface area (Å²) in [6, 6.07) is 9.04. The van der Waals surface area contributed by atoms with Gasteiger partial charge >= 0.3 is 0 Å². The number of rotatable bonds is 6. The molecule has 21 heavy (non-hydrogen) atoms. The van der Waals surface area contributed by atoms with Crippen LogP contribution in [0.1, 0.15) is 44.1 Å². The van der Waals surface area contributed by atoms with Gasteiger partial charge in [0, 0.05) is 33.6 Å².